The minimum Gasteiger partial charge on any atom is -0.384 e. The maximum atomic E-state index is 4.41. The van der Waals surface area contributed by atoms with Crippen LogP contribution in [0, 0.1) is 6.92 Å². The van der Waals surface area contributed by atoms with Gasteiger partial charge >= 0.3 is 0 Å². The summed E-state index contributed by atoms with van der Waals surface area (Å²) in [5, 5.41) is 3.85. The van der Waals surface area contributed by atoms with E-state index in [9.17, 15) is 0 Å². The predicted octanol–water partition coefficient (Wildman–Crippen LogP) is 5.79. The lowest BCUT2D eigenvalue weighted by Crippen LogP contribution is -2.43. The molecule has 1 N–H and O–H groups in total. The van der Waals surface area contributed by atoms with Crippen molar-refractivity contribution in [2.75, 3.05) is 19.6 Å². The molecule has 2 aromatic rings. The average Bonchev–Trinajstić information content (AvgIpc) is 3.25. The minimum absolute atomic E-state index is 0.391. The quantitative estimate of drug-likeness (QED) is 0.601. The largest absolute Gasteiger partial charge is 0.384 e. The second-order valence-electron chi connectivity index (χ2n) is 9.55. The molecule has 0 aromatic heterocycles. The number of rotatable bonds is 8. The highest BCUT2D eigenvalue weighted by Crippen LogP contribution is 2.28. The maximum absolute atomic E-state index is 4.41. The summed E-state index contributed by atoms with van der Waals surface area (Å²) in [6, 6.07) is 16.5. The van der Waals surface area contributed by atoms with Gasteiger partial charge < -0.3 is 10.2 Å². The van der Waals surface area contributed by atoms with Crippen LogP contribution in [0.1, 0.15) is 66.3 Å². The van der Waals surface area contributed by atoms with Crippen molar-refractivity contribution in [1.82, 2.24) is 10.2 Å². The Morgan fingerprint density at radius 2 is 1.77 bits per heavy atom. The highest BCUT2D eigenvalue weighted by molar-refractivity contribution is 5.36. The molecule has 2 aliphatic rings. The molecule has 0 spiro atoms. The van der Waals surface area contributed by atoms with Crippen LogP contribution in [0.15, 0.2) is 54.7 Å². The Balaban J connectivity index is 1.49. The fraction of sp³-hybridized carbons (Fsp3) is 0.500. The molecule has 160 valence electrons. The molecule has 1 aliphatic heterocycles. The molecule has 0 radical (unpaired) electrons. The first kappa shape index (κ1) is 21.2. The third kappa shape index (κ3) is 5.35. The standard InChI is InChI=1S/C28H38N2/c1-21-9-8-10-24(17-21)18-22(2)29-28(20-30-15-6-7-16-30)23(3)26-14-13-25-11-4-5-12-27(25)19-26/h8-10,13-14,17,19,23,28-29H,2,4-7,11-12,15-16,18,20H2,1,3H3. The maximum Gasteiger partial charge on any atom is 0.0451 e. The molecule has 4 rings (SSSR count). The van der Waals surface area contributed by atoms with E-state index in [0.717, 1.165) is 18.7 Å². The molecule has 0 bridgehead atoms. The molecule has 2 nitrogen and oxygen atoms in total. The van der Waals surface area contributed by atoms with Gasteiger partial charge in [-0.3, -0.25) is 0 Å². The van der Waals surface area contributed by atoms with E-state index in [1.807, 2.05) is 0 Å². The number of benzene rings is 2. The number of aryl methyl sites for hydroxylation is 3. The molecule has 0 saturated carbocycles. The summed E-state index contributed by atoms with van der Waals surface area (Å²) in [5.74, 6) is 0.465. The van der Waals surface area contributed by atoms with E-state index in [1.54, 1.807) is 11.1 Å². The minimum atomic E-state index is 0.391. The van der Waals surface area contributed by atoms with Crippen molar-refractivity contribution in [2.45, 2.75) is 70.8 Å². The van der Waals surface area contributed by atoms with Crippen LogP contribution in [-0.2, 0) is 19.3 Å². The topological polar surface area (TPSA) is 15.3 Å². The summed E-state index contributed by atoms with van der Waals surface area (Å²) in [6.45, 7) is 12.5. The Bertz CT molecular complexity index is 863. The van der Waals surface area contributed by atoms with Crippen molar-refractivity contribution in [3.05, 3.63) is 82.6 Å². The molecule has 1 heterocycles. The van der Waals surface area contributed by atoms with Gasteiger partial charge in [-0.05, 0) is 80.8 Å². The van der Waals surface area contributed by atoms with Crippen molar-refractivity contribution in [1.29, 1.82) is 0 Å². The number of hydrogen-bond acceptors (Lipinski definition) is 2. The molecule has 2 atom stereocenters. The van der Waals surface area contributed by atoms with E-state index in [-0.39, 0.29) is 0 Å². The lowest BCUT2D eigenvalue weighted by Gasteiger charge is -2.32. The first-order valence-corrected chi connectivity index (χ1v) is 11.9. The van der Waals surface area contributed by atoms with E-state index in [2.05, 4.69) is 73.1 Å². The van der Waals surface area contributed by atoms with E-state index < -0.39 is 0 Å². The Kier molecular flexibility index (Phi) is 6.94. The molecule has 1 aliphatic carbocycles. The van der Waals surface area contributed by atoms with Crippen molar-refractivity contribution in [2.24, 2.45) is 0 Å². The highest BCUT2D eigenvalue weighted by atomic mass is 15.2. The second-order valence-corrected chi connectivity index (χ2v) is 9.55. The molecular weight excluding hydrogens is 364 g/mol. The van der Waals surface area contributed by atoms with Gasteiger partial charge in [-0.25, -0.2) is 0 Å². The highest BCUT2D eigenvalue weighted by Gasteiger charge is 2.25. The summed E-state index contributed by atoms with van der Waals surface area (Å²) in [7, 11) is 0. The van der Waals surface area contributed by atoms with Gasteiger partial charge in [-0.1, -0.05) is 61.5 Å². The molecule has 2 heteroatoms. The summed E-state index contributed by atoms with van der Waals surface area (Å²) in [6.07, 6.45) is 8.77. The lowest BCUT2D eigenvalue weighted by molar-refractivity contribution is 0.281. The summed E-state index contributed by atoms with van der Waals surface area (Å²) >= 11 is 0. The smallest absolute Gasteiger partial charge is 0.0451 e. The molecule has 2 aromatic carbocycles. The summed E-state index contributed by atoms with van der Waals surface area (Å²) in [4.78, 5) is 2.63. The Labute approximate surface area is 183 Å². The zero-order valence-electron chi connectivity index (χ0n) is 18.9. The number of likely N-dealkylation sites (tertiary alicyclic amines) is 1. The third-order valence-corrected chi connectivity index (χ3v) is 7.04. The molecule has 30 heavy (non-hydrogen) atoms. The Morgan fingerprint density at radius 1 is 1.00 bits per heavy atom. The van der Waals surface area contributed by atoms with Crippen LogP contribution in [0.25, 0.3) is 0 Å². The zero-order valence-corrected chi connectivity index (χ0v) is 18.9. The van der Waals surface area contributed by atoms with Gasteiger partial charge in [0, 0.05) is 30.6 Å². The Morgan fingerprint density at radius 3 is 2.53 bits per heavy atom. The van der Waals surface area contributed by atoms with Gasteiger partial charge in [0.2, 0.25) is 0 Å². The number of fused-ring (bicyclic) bond motifs is 1. The zero-order chi connectivity index (χ0) is 20.9. The van der Waals surface area contributed by atoms with Crippen molar-refractivity contribution in [3.63, 3.8) is 0 Å². The van der Waals surface area contributed by atoms with Crippen molar-refractivity contribution >= 4 is 0 Å². The van der Waals surface area contributed by atoms with Crippen molar-refractivity contribution < 1.29 is 0 Å². The third-order valence-electron chi connectivity index (χ3n) is 7.04. The van der Waals surface area contributed by atoms with Crippen LogP contribution < -0.4 is 5.32 Å². The SMILES string of the molecule is C=C(Cc1cccc(C)c1)NC(CN1CCCC1)C(C)c1ccc2c(c1)CCCC2. The van der Waals surface area contributed by atoms with Crippen molar-refractivity contribution in [3.8, 4) is 0 Å². The number of hydrogen-bond donors (Lipinski definition) is 1. The van der Waals surface area contributed by atoms with Crippen LogP contribution in [-0.4, -0.2) is 30.6 Å². The molecular formula is C28H38N2. The first-order valence-electron chi connectivity index (χ1n) is 11.9. The first-order chi connectivity index (χ1) is 14.6. The van der Waals surface area contributed by atoms with E-state index in [1.165, 1.54) is 68.3 Å². The van der Waals surface area contributed by atoms with Gasteiger partial charge in [0.25, 0.3) is 0 Å². The van der Waals surface area contributed by atoms with Gasteiger partial charge in [-0.15, -0.1) is 0 Å². The van der Waals surface area contributed by atoms with E-state index in [4.69, 9.17) is 0 Å². The normalized spacial score (nSPS) is 18.6. The summed E-state index contributed by atoms with van der Waals surface area (Å²) in [5.41, 5.74) is 8.43. The number of allylic oxidation sites excluding steroid dienone is 1. The van der Waals surface area contributed by atoms with Crippen LogP contribution >= 0.6 is 0 Å². The fourth-order valence-corrected chi connectivity index (χ4v) is 5.22. The van der Waals surface area contributed by atoms with Gasteiger partial charge in [-0.2, -0.15) is 0 Å². The lowest BCUT2D eigenvalue weighted by atomic mass is 9.85. The number of nitrogens with one attached hydrogen (secondary N) is 1. The fourth-order valence-electron chi connectivity index (χ4n) is 5.22. The number of nitrogens with zero attached hydrogens (tertiary/aromatic N) is 1. The predicted molar refractivity (Wildman–Crippen MR) is 128 cm³/mol. The van der Waals surface area contributed by atoms with E-state index in [0.29, 0.717) is 12.0 Å². The van der Waals surface area contributed by atoms with Crippen LogP contribution in [0.5, 0.6) is 0 Å². The van der Waals surface area contributed by atoms with Crippen LogP contribution in [0.3, 0.4) is 0 Å². The van der Waals surface area contributed by atoms with Gasteiger partial charge in [0.05, 0.1) is 0 Å². The molecule has 2 unspecified atom stereocenters. The van der Waals surface area contributed by atoms with E-state index >= 15 is 0 Å². The Hall–Kier alpha value is -2.06. The monoisotopic (exact) mass is 402 g/mol. The summed E-state index contributed by atoms with van der Waals surface area (Å²) < 4.78 is 0. The van der Waals surface area contributed by atoms with Gasteiger partial charge in [0.1, 0.15) is 0 Å². The average molecular weight is 403 g/mol. The molecule has 1 fully saturated rings. The van der Waals surface area contributed by atoms with Crippen LogP contribution in [0.2, 0.25) is 0 Å². The van der Waals surface area contributed by atoms with Crippen LogP contribution in [0.4, 0.5) is 0 Å². The second kappa shape index (κ2) is 9.83. The molecule has 1 saturated heterocycles. The molecule has 0 amide bonds. The van der Waals surface area contributed by atoms with Gasteiger partial charge in [0.15, 0.2) is 0 Å².